The molecule has 1 fully saturated rings. The number of anilines is 1. The molecular formula is C26H23NO5. The lowest BCUT2D eigenvalue weighted by Gasteiger charge is -2.27. The van der Waals surface area contributed by atoms with E-state index in [0.29, 0.717) is 23.5 Å². The van der Waals surface area contributed by atoms with Crippen LogP contribution in [0.15, 0.2) is 78.4 Å². The zero-order chi connectivity index (χ0) is 22.8. The number of aromatic hydroxyl groups is 1. The Balaban J connectivity index is 1.93. The van der Waals surface area contributed by atoms with Crippen LogP contribution >= 0.6 is 0 Å². The van der Waals surface area contributed by atoms with Gasteiger partial charge in [-0.2, -0.15) is 0 Å². The van der Waals surface area contributed by atoms with Crippen LogP contribution in [0.4, 0.5) is 5.69 Å². The van der Waals surface area contributed by atoms with Gasteiger partial charge in [-0.25, -0.2) is 0 Å². The van der Waals surface area contributed by atoms with Crippen LogP contribution in [0.2, 0.25) is 0 Å². The Morgan fingerprint density at radius 3 is 2.28 bits per heavy atom. The predicted octanol–water partition coefficient (Wildman–Crippen LogP) is 4.73. The molecule has 1 heterocycles. The van der Waals surface area contributed by atoms with Gasteiger partial charge in [0.1, 0.15) is 17.3 Å². The highest BCUT2D eigenvalue weighted by molar-refractivity contribution is 6.52. The van der Waals surface area contributed by atoms with Crippen molar-refractivity contribution in [3.05, 3.63) is 95.1 Å². The normalized spacial score (nSPS) is 17.6. The van der Waals surface area contributed by atoms with Crippen molar-refractivity contribution in [1.29, 1.82) is 0 Å². The largest absolute Gasteiger partial charge is 0.507 e. The van der Waals surface area contributed by atoms with Gasteiger partial charge in [-0.1, -0.05) is 36.4 Å². The van der Waals surface area contributed by atoms with E-state index in [9.17, 15) is 19.8 Å². The lowest BCUT2D eigenvalue weighted by Crippen LogP contribution is -2.29. The van der Waals surface area contributed by atoms with Crippen molar-refractivity contribution in [2.75, 3.05) is 11.5 Å². The van der Waals surface area contributed by atoms with Gasteiger partial charge >= 0.3 is 0 Å². The van der Waals surface area contributed by atoms with Crippen LogP contribution in [0, 0.1) is 6.92 Å². The number of carbonyl (C=O) groups excluding carboxylic acids is 2. The molecular weight excluding hydrogens is 406 g/mol. The first-order chi connectivity index (χ1) is 15.4. The summed E-state index contributed by atoms with van der Waals surface area (Å²) in [5.41, 5.74) is 2.09. The number of ketones is 1. The zero-order valence-corrected chi connectivity index (χ0v) is 17.8. The first-order valence-electron chi connectivity index (χ1n) is 10.3. The number of carbonyl (C=O) groups is 2. The highest BCUT2D eigenvalue weighted by atomic mass is 16.5. The molecule has 3 aromatic carbocycles. The summed E-state index contributed by atoms with van der Waals surface area (Å²) in [4.78, 5) is 27.6. The summed E-state index contributed by atoms with van der Waals surface area (Å²) in [7, 11) is 0. The van der Waals surface area contributed by atoms with Crippen LogP contribution in [-0.2, 0) is 9.59 Å². The van der Waals surface area contributed by atoms with Crippen molar-refractivity contribution in [2.45, 2.75) is 19.9 Å². The molecule has 0 saturated carbocycles. The number of ether oxygens (including phenoxy) is 1. The molecule has 0 bridgehead atoms. The number of nitrogens with zero attached hydrogens (tertiary/aromatic N) is 1. The van der Waals surface area contributed by atoms with Gasteiger partial charge in [0.25, 0.3) is 11.7 Å². The third kappa shape index (κ3) is 3.60. The second-order valence-corrected chi connectivity index (χ2v) is 7.47. The maximum absolute atomic E-state index is 13.2. The Kier molecular flexibility index (Phi) is 5.69. The molecule has 1 unspecified atom stereocenters. The van der Waals surface area contributed by atoms with Gasteiger partial charge in [-0.05, 0) is 61.4 Å². The van der Waals surface area contributed by atoms with E-state index in [1.807, 2.05) is 38.1 Å². The second-order valence-electron chi connectivity index (χ2n) is 7.47. The lowest BCUT2D eigenvalue weighted by molar-refractivity contribution is -0.132. The number of hydrogen-bond acceptors (Lipinski definition) is 5. The number of para-hydroxylation sites is 2. The minimum atomic E-state index is -0.893. The van der Waals surface area contributed by atoms with E-state index >= 15 is 0 Å². The molecule has 0 aliphatic carbocycles. The number of Topliss-reactive ketones (excluding diaryl/α,β-unsaturated/α-hetero) is 1. The van der Waals surface area contributed by atoms with E-state index in [2.05, 4.69) is 0 Å². The topological polar surface area (TPSA) is 87.1 Å². The van der Waals surface area contributed by atoms with Gasteiger partial charge in [0.15, 0.2) is 0 Å². The molecule has 0 aromatic heterocycles. The van der Waals surface area contributed by atoms with Gasteiger partial charge in [-0.3, -0.25) is 14.5 Å². The summed E-state index contributed by atoms with van der Waals surface area (Å²) in [6.07, 6.45) is 0. The smallest absolute Gasteiger partial charge is 0.300 e. The minimum absolute atomic E-state index is 0.0308. The Morgan fingerprint density at radius 2 is 1.62 bits per heavy atom. The monoisotopic (exact) mass is 429 g/mol. The fourth-order valence-corrected chi connectivity index (χ4v) is 3.97. The molecule has 1 amide bonds. The summed E-state index contributed by atoms with van der Waals surface area (Å²) in [5, 5.41) is 21.6. The van der Waals surface area contributed by atoms with Crippen LogP contribution in [0.1, 0.15) is 29.7 Å². The van der Waals surface area contributed by atoms with E-state index in [1.165, 1.54) is 11.0 Å². The van der Waals surface area contributed by atoms with Gasteiger partial charge in [0.05, 0.1) is 23.9 Å². The van der Waals surface area contributed by atoms with Crippen molar-refractivity contribution < 1.29 is 24.5 Å². The quantitative estimate of drug-likeness (QED) is 0.348. The number of phenols is 1. The van der Waals surface area contributed by atoms with Gasteiger partial charge in [0, 0.05) is 5.56 Å². The second kappa shape index (κ2) is 8.59. The van der Waals surface area contributed by atoms with E-state index in [4.69, 9.17) is 4.74 Å². The van der Waals surface area contributed by atoms with Crippen molar-refractivity contribution >= 4 is 23.1 Å². The predicted molar refractivity (Wildman–Crippen MR) is 122 cm³/mol. The number of aliphatic hydroxyl groups is 1. The molecule has 162 valence electrons. The molecule has 2 N–H and O–H groups in total. The average molecular weight is 429 g/mol. The molecule has 1 aliphatic heterocycles. The summed E-state index contributed by atoms with van der Waals surface area (Å²) in [6, 6.07) is 19.5. The number of hydrogen-bond donors (Lipinski definition) is 2. The summed E-state index contributed by atoms with van der Waals surface area (Å²) < 4.78 is 5.44. The lowest BCUT2D eigenvalue weighted by atomic mass is 9.92. The number of rotatable bonds is 5. The van der Waals surface area contributed by atoms with E-state index in [0.717, 1.165) is 5.56 Å². The molecule has 1 atom stereocenters. The van der Waals surface area contributed by atoms with Crippen LogP contribution in [0.25, 0.3) is 5.76 Å². The summed E-state index contributed by atoms with van der Waals surface area (Å²) in [6.45, 7) is 4.25. The van der Waals surface area contributed by atoms with E-state index in [-0.39, 0.29) is 22.8 Å². The third-order valence-corrected chi connectivity index (χ3v) is 5.51. The number of aliphatic hydroxyl groups excluding tert-OH is 1. The number of phenolic OH excluding ortho intramolecular Hbond substituents is 1. The first-order valence-corrected chi connectivity index (χ1v) is 10.3. The Labute approximate surface area is 186 Å². The van der Waals surface area contributed by atoms with Crippen molar-refractivity contribution in [3.63, 3.8) is 0 Å². The summed E-state index contributed by atoms with van der Waals surface area (Å²) in [5.74, 6) is -1.40. The van der Waals surface area contributed by atoms with Gasteiger partial charge in [0.2, 0.25) is 0 Å². The Bertz CT molecular complexity index is 1210. The average Bonchev–Trinajstić information content (AvgIpc) is 3.05. The summed E-state index contributed by atoms with van der Waals surface area (Å²) >= 11 is 0. The van der Waals surface area contributed by atoms with Crippen LogP contribution in [-0.4, -0.2) is 28.5 Å². The maximum Gasteiger partial charge on any atom is 0.300 e. The van der Waals surface area contributed by atoms with Gasteiger partial charge in [-0.15, -0.1) is 0 Å². The number of amides is 1. The standard InChI is InChI=1S/C26H23NO5/c1-3-32-18-14-12-17(13-15-18)24(29)22-23(19-9-5-4-8-16(19)2)27(26(31)25(22)30)20-10-6-7-11-21(20)28/h4-15,23,28-29H,3H2,1-2H3/b24-22+. The van der Waals surface area contributed by atoms with Gasteiger partial charge < -0.3 is 14.9 Å². The molecule has 3 aromatic rings. The molecule has 0 radical (unpaired) electrons. The maximum atomic E-state index is 13.2. The molecule has 6 heteroatoms. The Morgan fingerprint density at radius 1 is 0.969 bits per heavy atom. The number of benzene rings is 3. The molecule has 0 spiro atoms. The minimum Gasteiger partial charge on any atom is -0.507 e. The van der Waals surface area contributed by atoms with Crippen molar-refractivity contribution in [1.82, 2.24) is 0 Å². The number of aryl methyl sites for hydroxylation is 1. The third-order valence-electron chi connectivity index (χ3n) is 5.51. The van der Waals surface area contributed by atoms with Crippen LogP contribution < -0.4 is 9.64 Å². The Hall–Kier alpha value is -4.06. The zero-order valence-electron chi connectivity index (χ0n) is 17.8. The van der Waals surface area contributed by atoms with Crippen LogP contribution in [0.5, 0.6) is 11.5 Å². The fraction of sp³-hybridized carbons (Fsp3) is 0.154. The van der Waals surface area contributed by atoms with E-state index < -0.39 is 17.7 Å². The fourth-order valence-electron chi connectivity index (χ4n) is 3.97. The van der Waals surface area contributed by atoms with Crippen molar-refractivity contribution in [3.8, 4) is 11.5 Å². The molecule has 1 aliphatic rings. The SMILES string of the molecule is CCOc1ccc(/C(O)=C2\C(=O)C(=O)N(c3ccccc3O)C2c2ccccc2C)cc1. The van der Waals surface area contributed by atoms with E-state index in [1.54, 1.807) is 42.5 Å². The van der Waals surface area contributed by atoms with Crippen molar-refractivity contribution in [2.24, 2.45) is 0 Å². The highest BCUT2D eigenvalue weighted by Crippen LogP contribution is 2.45. The highest BCUT2D eigenvalue weighted by Gasteiger charge is 2.48. The molecule has 4 rings (SSSR count). The van der Waals surface area contributed by atoms with Crippen LogP contribution in [0.3, 0.4) is 0 Å². The molecule has 6 nitrogen and oxygen atoms in total. The molecule has 1 saturated heterocycles. The molecule has 32 heavy (non-hydrogen) atoms. The first kappa shape index (κ1) is 21.2.